The van der Waals surface area contributed by atoms with Gasteiger partial charge in [-0.3, -0.25) is 9.48 Å². The quantitative estimate of drug-likeness (QED) is 0.209. The smallest absolute Gasteiger partial charge is 0.356 e. The van der Waals surface area contributed by atoms with Gasteiger partial charge in [0.1, 0.15) is 5.75 Å². The fourth-order valence-corrected chi connectivity index (χ4v) is 7.75. The minimum Gasteiger partial charge on any atom is -0.497 e. The highest BCUT2D eigenvalue weighted by atomic mass is 32.2. The SMILES string of the molecule is CCn1nc(C)c(C2=Cc3cc(OC)ccc3-c3c(C4CCCCC4)c4ccc(C(=O)NS(=O)(=O)C(C)C)cc4n3C2)c1C(=O)OC. The van der Waals surface area contributed by atoms with Gasteiger partial charge in [-0.2, -0.15) is 5.10 Å². The molecule has 2 aromatic heterocycles. The summed E-state index contributed by atoms with van der Waals surface area (Å²) in [5.41, 5.74) is 7.99. The second kappa shape index (κ2) is 12.7. The molecule has 0 atom stereocenters. The number of methoxy groups -OCH3 is 2. The first-order chi connectivity index (χ1) is 22.5. The molecule has 1 saturated carbocycles. The van der Waals surface area contributed by atoms with Gasteiger partial charge in [-0.25, -0.2) is 17.9 Å². The van der Waals surface area contributed by atoms with Crippen molar-refractivity contribution in [2.24, 2.45) is 0 Å². The zero-order valence-corrected chi connectivity index (χ0v) is 28.7. The lowest BCUT2D eigenvalue weighted by Gasteiger charge is -2.24. The number of nitrogens with zero attached hydrogens (tertiary/aromatic N) is 3. The number of benzene rings is 2. The Morgan fingerprint density at radius 1 is 1.06 bits per heavy atom. The lowest BCUT2D eigenvalue weighted by molar-refractivity contribution is 0.0586. The van der Waals surface area contributed by atoms with E-state index in [9.17, 15) is 18.0 Å². The maximum Gasteiger partial charge on any atom is 0.356 e. The van der Waals surface area contributed by atoms with Crippen LogP contribution in [0.5, 0.6) is 5.75 Å². The largest absolute Gasteiger partial charge is 0.497 e. The third-order valence-electron chi connectivity index (χ3n) is 9.53. The van der Waals surface area contributed by atoms with Crippen molar-refractivity contribution in [2.75, 3.05) is 14.2 Å². The number of carbonyl (C=O) groups excluding carboxylic acids is 2. The Bertz CT molecular complexity index is 2030. The Kier molecular flexibility index (Phi) is 8.78. The van der Waals surface area contributed by atoms with E-state index in [-0.39, 0.29) is 5.56 Å². The average Bonchev–Trinajstić information content (AvgIpc) is 3.51. The van der Waals surface area contributed by atoms with Crippen molar-refractivity contribution in [1.29, 1.82) is 0 Å². The highest BCUT2D eigenvalue weighted by molar-refractivity contribution is 7.90. The number of aromatic nitrogens is 3. The number of carbonyl (C=O) groups is 2. The first kappa shape index (κ1) is 32.6. The molecule has 10 nitrogen and oxygen atoms in total. The number of fused-ring (bicyclic) bond motifs is 5. The Morgan fingerprint density at radius 2 is 1.81 bits per heavy atom. The fraction of sp³-hybridized carbons (Fsp3) is 0.417. The molecule has 47 heavy (non-hydrogen) atoms. The predicted octanol–water partition coefficient (Wildman–Crippen LogP) is 6.70. The molecule has 0 spiro atoms. The molecule has 2 aromatic carbocycles. The van der Waals surface area contributed by atoms with Gasteiger partial charge >= 0.3 is 5.97 Å². The van der Waals surface area contributed by atoms with Gasteiger partial charge in [0, 0.05) is 40.7 Å². The predicted molar refractivity (Wildman–Crippen MR) is 183 cm³/mol. The summed E-state index contributed by atoms with van der Waals surface area (Å²) >= 11 is 0. The van der Waals surface area contributed by atoms with Gasteiger partial charge in [0.15, 0.2) is 5.69 Å². The molecule has 0 unspecified atom stereocenters. The van der Waals surface area contributed by atoms with Crippen molar-refractivity contribution in [1.82, 2.24) is 19.1 Å². The van der Waals surface area contributed by atoms with Gasteiger partial charge in [-0.15, -0.1) is 0 Å². The number of nitrogens with one attached hydrogen (secondary N) is 1. The van der Waals surface area contributed by atoms with Crippen molar-refractivity contribution in [3.8, 4) is 17.0 Å². The number of aryl methyl sites for hydroxylation is 2. The number of sulfonamides is 1. The van der Waals surface area contributed by atoms with E-state index in [1.165, 1.54) is 32.9 Å². The third kappa shape index (κ3) is 5.75. The summed E-state index contributed by atoms with van der Waals surface area (Å²) in [6.45, 7) is 7.77. The standard InChI is InChI=1S/C36H42N4O6S/c1-7-40-34(36(42)46-6)31(22(4)37-40)26-17-25-18-27(45-5)14-16-28(25)33-32(23-11-9-8-10-12-23)29-15-13-24(19-30(29)39(33)20-26)35(41)38-47(43,44)21(2)3/h13-19,21,23H,7-12,20H2,1-6H3,(H,38,41). The molecular formula is C36H42N4O6S. The van der Waals surface area contributed by atoms with E-state index in [0.717, 1.165) is 59.0 Å². The molecular weight excluding hydrogens is 616 g/mol. The summed E-state index contributed by atoms with van der Waals surface area (Å²) in [4.78, 5) is 26.6. The monoisotopic (exact) mass is 658 g/mol. The molecule has 6 rings (SSSR count). The van der Waals surface area contributed by atoms with E-state index in [1.54, 1.807) is 23.9 Å². The molecule has 1 aliphatic carbocycles. The minimum atomic E-state index is -3.83. The van der Waals surface area contributed by atoms with Gasteiger partial charge in [0.05, 0.1) is 30.9 Å². The summed E-state index contributed by atoms with van der Waals surface area (Å²) in [6.07, 6.45) is 7.70. The zero-order valence-electron chi connectivity index (χ0n) is 27.8. The Balaban J connectivity index is 1.65. The van der Waals surface area contributed by atoms with Gasteiger partial charge in [0.25, 0.3) is 5.91 Å². The first-order valence-electron chi connectivity index (χ1n) is 16.3. The highest BCUT2D eigenvalue weighted by Gasteiger charge is 2.32. The number of amides is 1. The summed E-state index contributed by atoms with van der Waals surface area (Å²) < 4.78 is 42.3. The number of allylic oxidation sites excluding steroid dienone is 1. The van der Waals surface area contributed by atoms with Gasteiger partial charge < -0.3 is 14.0 Å². The van der Waals surface area contributed by atoms with Crippen LogP contribution in [0.15, 0.2) is 36.4 Å². The highest BCUT2D eigenvalue weighted by Crippen LogP contribution is 2.48. The molecule has 0 bridgehead atoms. The van der Waals surface area contributed by atoms with Crippen LogP contribution in [-0.2, 0) is 27.8 Å². The first-order valence-corrected chi connectivity index (χ1v) is 17.8. The molecule has 0 saturated heterocycles. The molecule has 248 valence electrons. The number of rotatable bonds is 8. The van der Waals surface area contributed by atoms with E-state index < -0.39 is 27.1 Å². The molecule has 1 fully saturated rings. The number of ether oxygens (including phenoxy) is 2. The van der Waals surface area contributed by atoms with Crippen LogP contribution in [0.1, 0.15) is 102 Å². The summed E-state index contributed by atoms with van der Waals surface area (Å²) in [7, 11) is -0.812. The Hall–Kier alpha value is -4.38. The van der Waals surface area contributed by atoms with Crippen LogP contribution in [0.4, 0.5) is 0 Å². The Morgan fingerprint density at radius 3 is 2.47 bits per heavy atom. The van der Waals surface area contributed by atoms with Crippen molar-refractivity contribution >= 4 is 44.5 Å². The zero-order chi connectivity index (χ0) is 33.6. The second-order valence-corrected chi connectivity index (χ2v) is 14.9. The molecule has 2 aliphatic rings. The molecule has 1 aliphatic heterocycles. The summed E-state index contributed by atoms with van der Waals surface area (Å²) in [6, 6.07) is 11.5. The summed E-state index contributed by atoms with van der Waals surface area (Å²) in [5.74, 6) is -0.111. The lowest BCUT2D eigenvalue weighted by atomic mass is 9.81. The normalized spacial score (nSPS) is 15.2. The van der Waals surface area contributed by atoms with Gasteiger partial charge in [-0.1, -0.05) is 25.3 Å². The van der Waals surface area contributed by atoms with Gasteiger partial charge in [0.2, 0.25) is 10.0 Å². The number of esters is 1. The van der Waals surface area contributed by atoms with Crippen LogP contribution in [0.3, 0.4) is 0 Å². The van der Waals surface area contributed by atoms with E-state index in [4.69, 9.17) is 14.6 Å². The summed E-state index contributed by atoms with van der Waals surface area (Å²) in [5, 5.41) is 4.99. The Labute approximate surface area is 275 Å². The third-order valence-corrected chi connectivity index (χ3v) is 11.2. The van der Waals surface area contributed by atoms with E-state index in [0.29, 0.717) is 41.7 Å². The fourth-order valence-electron chi connectivity index (χ4n) is 7.14. The van der Waals surface area contributed by atoms with Crippen LogP contribution in [-0.4, -0.2) is 54.1 Å². The number of hydrogen-bond acceptors (Lipinski definition) is 7. The molecule has 4 aromatic rings. The van der Waals surface area contributed by atoms with Crippen molar-refractivity contribution in [3.05, 3.63) is 70.0 Å². The van der Waals surface area contributed by atoms with Crippen molar-refractivity contribution in [2.45, 2.75) is 84.1 Å². The molecule has 0 radical (unpaired) electrons. The van der Waals surface area contributed by atoms with Crippen molar-refractivity contribution < 1.29 is 27.5 Å². The topological polar surface area (TPSA) is 122 Å². The van der Waals surface area contributed by atoms with Crippen LogP contribution < -0.4 is 9.46 Å². The maximum atomic E-state index is 13.4. The lowest BCUT2D eigenvalue weighted by Crippen LogP contribution is -2.35. The molecule has 1 N–H and O–H groups in total. The molecule has 11 heteroatoms. The maximum absolute atomic E-state index is 13.4. The molecule has 3 heterocycles. The van der Waals surface area contributed by atoms with Crippen LogP contribution in [0.2, 0.25) is 0 Å². The average molecular weight is 659 g/mol. The van der Waals surface area contributed by atoms with Gasteiger partial charge in [-0.05, 0) is 99.6 Å². The van der Waals surface area contributed by atoms with Crippen LogP contribution >= 0.6 is 0 Å². The van der Waals surface area contributed by atoms with E-state index in [2.05, 4.69) is 21.4 Å². The molecule has 1 amide bonds. The van der Waals surface area contributed by atoms with Crippen LogP contribution in [0, 0.1) is 6.92 Å². The minimum absolute atomic E-state index is 0.257. The van der Waals surface area contributed by atoms with Crippen LogP contribution in [0.25, 0.3) is 33.8 Å². The van der Waals surface area contributed by atoms with E-state index in [1.807, 2.05) is 32.0 Å². The second-order valence-electron chi connectivity index (χ2n) is 12.7. The van der Waals surface area contributed by atoms with E-state index >= 15 is 0 Å². The number of hydrogen-bond donors (Lipinski definition) is 1. The van der Waals surface area contributed by atoms with Crippen molar-refractivity contribution in [3.63, 3.8) is 0 Å².